The Balaban J connectivity index is 1.83. The Morgan fingerprint density at radius 3 is 2.16 bits per heavy atom. The molecule has 0 saturated heterocycles. The zero-order valence-corrected chi connectivity index (χ0v) is 13.4. The third kappa shape index (κ3) is 4.09. The number of nitro groups is 1. The zero-order chi connectivity index (χ0) is 17.6. The molecule has 124 valence electrons. The molecule has 3 rings (SSSR count). The van der Waals surface area contributed by atoms with E-state index in [-0.39, 0.29) is 23.7 Å². The summed E-state index contributed by atoms with van der Waals surface area (Å²) in [7, 11) is 0. The van der Waals surface area contributed by atoms with E-state index in [9.17, 15) is 14.9 Å². The van der Waals surface area contributed by atoms with Gasteiger partial charge in [0.25, 0.3) is 5.69 Å². The van der Waals surface area contributed by atoms with Crippen LogP contribution in [0.2, 0.25) is 0 Å². The third-order valence-corrected chi connectivity index (χ3v) is 3.78. The molecule has 3 aromatic carbocycles. The molecule has 25 heavy (non-hydrogen) atoms. The first-order chi connectivity index (χ1) is 12.1. The van der Waals surface area contributed by atoms with Crippen molar-refractivity contribution in [3.05, 3.63) is 94.5 Å². The molecule has 0 aromatic heterocycles. The largest absolute Gasteiger partial charge is 0.320 e. The number of amides is 1. The van der Waals surface area contributed by atoms with Crippen LogP contribution in [0, 0.1) is 10.1 Å². The van der Waals surface area contributed by atoms with Crippen LogP contribution in [0.15, 0.2) is 78.9 Å². The third-order valence-electron chi connectivity index (χ3n) is 3.78. The molecule has 0 aliphatic heterocycles. The summed E-state index contributed by atoms with van der Waals surface area (Å²) in [6, 6.07) is 23.5. The van der Waals surface area contributed by atoms with Crippen LogP contribution < -0.4 is 5.32 Å². The van der Waals surface area contributed by atoms with Gasteiger partial charge in [-0.25, -0.2) is 0 Å². The van der Waals surface area contributed by atoms with Gasteiger partial charge in [0.2, 0.25) is 5.91 Å². The highest BCUT2D eigenvalue weighted by molar-refractivity contribution is 5.95. The highest BCUT2D eigenvalue weighted by Gasteiger charge is 2.17. The maximum absolute atomic E-state index is 12.2. The van der Waals surface area contributed by atoms with Crippen LogP contribution in [-0.4, -0.2) is 10.8 Å². The molecule has 0 unspecified atom stereocenters. The highest BCUT2D eigenvalue weighted by Crippen LogP contribution is 2.30. The van der Waals surface area contributed by atoms with E-state index in [0.717, 1.165) is 16.7 Å². The molecule has 3 aromatic rings. The number of hydrogen-bond acceptors (Lipinski definition) is 3. The lowest BCUT2D eigenvalue weighted by Gasteiger charge is -2.08. The first-order valence-corrected chi connectivity index (χ1v) is 7.81. The molecule has 0 atom stereocenters. The van der Waals surface area contributed by atoms with E-state index in [1.165, 1.54) is 6.07 Å². The monoisotopic (exact) mass is 332 g/mol. The van der Waals surface area contributed by atoms with Crippen LogP contribution in [0.25, 0.3) is 11.1 Å². The number of rotatable bonds is 5. The lowest BCUT2D eigenvalue weighted by molar-refractivity contribution is -0.383. The second kappa shape index (κ2) is 7.40. The van der Waals surface area contributed by atoms with E-state index in [2.05, 4.69) is 5.32 Å². The molecule has 0 aliphatic carbocycles. The van der Waals surface area contributed by atoms with Gasteiger partial charge in [0.1, 0.15) is 5.69 Å². The summed E-state index contributed by atoms with van der Waals surface area (Å²) in [6.45, 7) is 0. The zero-order valence-electron chi connectivity index (χ0n) is 13.4. The van der Waals surface area contributed by atoms with Crippen molar-refractivity contribution in [3.8, 4) is 11.1 Å². The van der Waals surface area contributed by atoms with Gasteiger partial charge in [-0.05, 0) is 22.8 Å². The number of carbonyl (C=O) groups excluding carboxylic acids is 1. The van der Waals surface area contributed by atoms with Crippen molar-refractivity contribution in [3.63, 3.8) is 0 Å². The van der Waals surface area contributed by atoms with Crippen molar-refractivity contribution in [2.24, 2.45) is 0 Å². The van der Waals surface area contributed by atoms with Crippen LogP contribution in [0.1, 0.15) is 5.56 Å². The van der Waals surface area contributed by atoms with Gasteiger partial charge in [-0.2, -0.15) is 0 Å². The average molecular weight is 332 g/mol. The Morgan fingerprint density at radius 2 is 1.52 bits per heavy atom. The second-order valence-corrected chi connectivity index (χ2v) is 5.57. The quantitative estimate of drug-likeness (QED) is 0.554. The topological polar surface area (TPSA) is 72.2 Å². The number of nitro benzene ring substituents is 1. The summed E-state index contributed by atoms with van der Waals surface area (Å²) in [6.07, 6.45) is 0.165. The standard InChI is InChI=1S/C20H16N2O3/c23-20(13-15-7-3-1-4-8-15)21-18-12-11-17(14-19(18)22(24)25)16-9-5-2-6-10-16/h1-12,14H,13H2,(H,21,23). The summed E-state index contributed by atoms with van der Waals surface area (Å²) in [5.74, 6) is -0.290. The first kappa shape index (κ1) is 16.4. The number of hydrogen-bond donors (Lipinski definition) is 1. The summed E-state index contributed by atoms with van der Waals surface area (Å²) in [5.41, 5.74) is 2.54. The number of nitrogens with zero attached hydrogens (tertiary/aromatic N) is 1. The van der Waals surface area contributed by atoms with Crippen molar-refractivity contribution < 1.29 is 9.72 Å². The van der Waals surface area contributed by atoms with E-state index < -0.39 is 4.92 Å². The number of nitrogens with one attached hydrogen (secondary N) is 1. The van der Waals surface area contributed by atoms with E-state index >= 15 is 0 Å². The maximum atomic E-state index is 12.2. The predicted octanol–water partition coefficient (Wildman–Crippen LogP) is 4.44. The molecule has 5 heteroatoms. The van der Waals surface area contributed by atoms with Crippen molar-refractivity contribution in [2.45, 2.75) is 6.42 Å². The fourth-order valence-corrected chi connectivity index (χ4v) is 2.57. The first-order valence-electron chi connectivity index (χ1n) is 7.81. The number of anilines is 1. The van der Waals surface area contributed by atoms with Gasteiger partial charge in [-0.1, -0.05) is 66.7 Å². The minimum atomic E-state index is -0.482. The molecule has 0 bridgehead atoms. The van der Waals surface area contributed by atoms with E-state index in [0.29, 0.717) is 0 Å². The maximum Gasteiger partial charge on any atom is 0.293 e. The summed E-state index contributed by atoms with van der Waals surface area (Å²) in [5, 5.41) is 14.0. The normalized spacial score (nSPS) is 10.2. The smallest absolute Gasteiger partial charge is 0.293 e. The summed E-state index contributed by atoms with van der Waals surface area (Å²) >= 11 is 0. The van der Waals surface area contributed by atoms with Crippen molar-refractivity contribution >= 4 is 17.3 Å². The molecule has 1 N–H and O–H groups in total. The molecule has 0 spiro atoms. The minimum Gasteiger partial charge on any atom is -0.320 e. The molecule has 1 amide bonds. The average Bonchev–Trinajstić information content (AvgIpc) is 2.63. The van der Waals surface area contributed by atoms with Gasteiger partial charge in [0.05, 0.1) is 11.3 Å². The van der Waals surface area contributed by atoms with Crippen molar-refractivity contribution in [1.29, 1.82) is 0 Å². The van der Waals surface area contributed by atoms with E-state index in [4.69, 9.17) is 0 Å². The molecular weight excluding hydrogens is 316 g/mol. The van der Waals surface area contributed by atoms with Gasteiger partial charge in [-0.3, -0.25) is 14.9 Å². The van der Waals surface area contributed by atoms with Crippen LogP contribution in [0.5, 0.6) is 0 Å². The Bertz CT molecular complexity index is 893. The van der Waals surface area contributed by atoms with E-state index in [1.807, 2.05) is 60.7 Å². The molecule has 0 saturated carbocycles. The van der Waals surface area contributed by atoms with Crippen molar-refractivity contribution in [2.75, 3.05) is 5.32 Å². The molecule has 5 nitrogen and oxygen atoms in total. The Hall–Kier alpha value is -3.47. The van der Waals surface area contributed by atoms with E-state index in [1.54, 1.807) is 12.1 Å². The molecule has 0 fully saturated rings. The fourth-order valence-electron chi connectivity index (χ4n) is 2.57. The van der Waals surface area contributed by atoms with Crippen LogP contribution in [0.4, 0.5) is 11.4 Å². The van der Waals surface area contributed by atoms with Crippen LogP contribution >= 0.6 is 0 Å². The molecular formula is C20H16N2O3. The molecule has 0 aliphatic rings. The number of carbonyl (C=O) groups is 1. The van der Waals surface area contributed by atoms with Crippen LogP contribution in [-0.2, 0) is 11.2 Å². The summed E-state index contributed by atoms with van der Waals surface area (Å²) < 4.78 is 0. The fraction of sp³-hybridized carbons (Fsp3) is 0.0500. The lowest BCUT2D eigenvalue weighted by atomic mass is 10.0. The van der Waals surface area contributed by atoms with Gasteiger partial charge in [0.15, 0.2) is 0 Å². The van der Waals surface area contributed by atoms with Gasteiger partial charge >= 0.3 is 0 Å². The summed E-state index contributed by atoms with van der Waals surface area (Å²) in [4.78, 5) is 23.1. The van der Waals surface area contributed by atoms with Crippen molar-refractivity contribution in [1.82, 2.24) is 0 Å². The second-order valence-electron chi connectivity index (χ2n) is 5.57. The minimum absolute atomic E-state index is 0.122. The SMILES string of the molecule is O=C(Cc1ccccc1)Nc1ccc(-c2ccccc2)cc1[N+](=O)[O-]. The van der Waals surface area contributed by atoms with Gasteiger partial charge in [0, 0.05) is 6.07 Å². The Morgan fingerprint density at radius 1 is 0.880 bits per heavy atom. The molecule has 0 radical (unpaired) electrons. The van der Waals surface area contributed by atoms with Crippen LogP contribution in [0.3, 0.4) is 0 Å². The predicted molar refractivity (Wildman–Crippen MR) is 97.3 cm³/mol. The Kier molecular flexibility index (Phi) is 4.85. The van der Waals surface area contributed by atoms with Gasteiger partial charge in [-0.15, -0.1) is 0 Å². The molecule has 0 heterocycles. The number of benzene rings is 3. The van der Waals surface area contributed by atoms with Gasteiger partial charge < -0.3 is 5.32 Å². The Labute approximate surface area is 145 Å². The highest BCUT2D eigenvalue weighted by atomic mass is 16.6. The lowest BCUT2D eigenvalue weighted by Crippen LogP contribution is -2.15.